The first-order chi connectivity index (χ1) is 21.6. The highest BCUT2D eigenvalue weighted by atomic mass is 19.1. The van der Waals surface area contributed by atoms with Crippen molar-refractivity contribution in [3.63, 3.8) is 0 Å². The third-order valence-corrected chi connectivity index (χ3v) is 9.18. The Morgan fingerprint density at radius 3 is 2.87 bits per heavy atom. The highest BCUT2D eigenvalue weighted by Crippen LogP contribution is 2.46. The number of amides is 1. The number of cyclic esters (lactones) is 1. The average molecular weight is 619 g/mol. The maximum atomic E-state index is 15.1. The summed E-state index contributed by atoms with van der Waals surface area (Å²) < 4.78 is 28.8. The van der Waals surface area contributed by atoms with E-state index in [2.05, 4.69) is 15.6 Å². The van der Waals surface area contributed by atoms with Gasteiger partial charge in [-0.1, -0.05) is 12.1 Å². The average Bonchev–Trinajstić information content (AvgIpc) is 3.63. The fraction of sp³-hybridized carbons (Fsp3) is 0.419. The van der Waals surface area contributed by atoms with E-state index in [1.54, 1.807) is 26.1 Å². The van der Waals surface area contributed by atoms with E-state index >= 15 is 4.39 Å². The number of pyridine rings is 2. The second kappa shape index (κ2) is 10.7. The largest absolute Gasteiger partial charge is 0.458 e. The number of halogens is 1. The first kappa shape index (κ1) is 29.0. The molecule has 1 aromatic carbocycles. The number of aromatic nitrogens is 5. The minimum absolute atomic E-state index is 0.00794. The molecule has 2 atom stereocenters. The fourth-order valence-corrected chi connectivity index (χ4v) is 6.80. The summed E-state index contributed by atoms with van der Waals surface area (Å²) in [5.41, 5.74) is 2.57. The summed E-state index contributed by atoms with van der Waals surface area (Å²) in [6.07, 6.45) is 2.33. The van der Waals surface area contributed by atoms with Crippen molar-refractivity contribution in [1.82, 2.24) is 29.9 Å². The molecule has 0 saturated carbocycles. The fourth-order valence-electron chi connectivity index (χ4n) is 6.80. The minimum Gasteiger partial charge on any atom is -0.458 e. The van der Waals surface area contributed by atoms with Crippen molar-refractivity contribution < 1.29 is 33.7 Å². The molecule has 14 heteroatoms. The van der Waals surface area contributed by atoms with Crippen molar-refractivity contribution in [2.24, 2.45) is 0 Å². The van der Waals surface area contributed by atoms with E-state index < -0.39 is 35.1 Å². The lowest BCUT2D eigenvalue weighted by Gasteiger charge is -2.31. The molecule has 3 aromatic heterocycles. The summed E-state index contributed by atoms with van der Waals surface area (Å²) in [4.78, 5) is 44.2. The molecule has 1 amide bonds. The van der Waals surface area contributed by atoms with Crippen molar-refractivity contribution in [2.75, 3.05) is 13.2 Å². The van der Waals surface area contributed by atoms with Gasteiger partial charge in [-0.25, -0.2) is 23.6 Å². The summed E-state index contributed by atoms with van der Waals surface area (Å²) in [6.45, 7) is 3.53. The van der Waals surface area contributed by atoms with Crippen LogP contribution >= 0.6 is 0 Å². The Bertz CT molecular complexity index is 1970. The maximum Gasteiger partial charge on any atom is 0.407 e. The van der Waals surface area contributed by atoms with E-state index in [0.29, 0.717) is 59.5 Å². The number of esters is 1. The van der Waals surface area contributed by atoms with Gasteiger partial charge in [-0.3, -0.25) is 4.79 Å². The lowest BCUT2D eigenvalue weighted by atomic mass is 9.81. The van der Waals surface area contributed by atoms with Crippen LogP contribution in [0.25, 0.3) is 22.3 Å². The second-order valence-electron chi connectivity index (χ2n) is 11.6. The van der Waals surface area contributed by atoms with E-state index in [4.69, 9.17) is 19.6 Å². The zero-order valence-electron chi connectivity index (χ0n) is 24.7. The van der Waals surface area contributed by atoms with E-state index in [1.807, 2.05) is 0 Å². The normalized spacial score (nSPS) is 19.6. The van der Waals surface area contributed by atoms with Crippen LogP contribution in [0.1, 0.15) is 64.9 Å². The van der Waals surface area contributed by atoms with Crippen LogP contribution in [0.4, 0.5) is 9.18 Å². The number of carbonyl (C=O) groups is 2. The van der Waals surface area contributed by atoms with Gasteiger partial charge in [-0.2, -0.15) is 0 Å². The number of ether oxygens (including phenoxy) is 2. The summed E-state index contributed by atoms with van der Waals surface area (Å²) in [6, 6.07) is 2.46. The lowest BCUT2D eigenvalue weighted by Crippen LogP contribution is -2.44. The Labute approximate surface area is 255 Å². The van der Waals surface area contributed by atoms with Crippen LogP contribution in [0, 0.1) is 12.7 Å². The lowest BCUT2D eigenvalue weighted by molar-refractivity contribution is -0.172. The first-order valence-electron chi connectivity index (χ1n) is 14.9. The Balaban J connectivity index is 1.27. The maximum absolute atomic E-state index is 15.1. The Morgan fingerprint density at radius 1 is 1.27 bits per heavy atom. The van der Waals surface area contributed by atoms with Crippen LogP contribution < -0.4 is 10.9 Å². The Morgan fingerprint density at radius 2 is 2.09 bits per heavy atom. The third kappa shape index (κ3) is 4.50. The number of rotatable bonds is 7. The molecule has 2 aliphatic heterocycles. The molecule has 0 fully saturated rings. The molecule has 0 spiro atoms. The number of nitrogens with one attached hydrogen (secondary N) is 1. The van der Waals surface area contributed by atoms with Gasteiger partial charge in [0.2, 0.25) is 0 Å². The number of benzene rings is 1. The standard InChI is InChI=1S/C31H31FN6O7/c1-3-31(43)20-10-24-27-18(13-38(24)28(40)19(20)14-45-29(31)41)26-22(5-4-17-15(2)21(32)11-23(33-27)25(17)26)34-30(42)44-9-6-16-12-37(7-8-39)36-35-16/h10-12,22,39,43H,3-9,13-14H2,1-2H3,(H,34,42)/t22-,31-/m0/s1. The molecule has 13 nitrogen and oxygen atoms in total. The number of alkyl carbamates (subject to hydrolysis) is 1. The van der Waals surface area contributed by atoms with Gasteiger partial charge < -0.3 is 29.6 Å². The molecule has 5 heterocycles. The van der Waals surface area contributed by atoms with Crippen LogP contribution in [-0.2, 0) is 52.4 Å². The minimum atomic E-state index is -1.98. The predicted octanol–water partition coefficient (Wildman–Crippen LogP) is 2.07. The third-order valence-electron chi connectivity index (χ3n) is 9.18. The molecule has 0 unspecified atom stereocenters. The summed E-state index contributed by atoms with van der Waals surface area (Å²) in [7, 11) is 0. The Hall–Kier alpha value is -4.69. The van der Waals surface area contributed by atoms with Crippen molar-refractivity contribution in [1.29, 1.82) is 0 Å². The van der Waals surface area contributed by atoms with Crippen LogP contribution in [0.5, 0.6) is 0 Å². The summed E-state index contributed by atoms with van der Waals surface area (Å²) in [5, 5.41) is 31.9. The molecule has 3 aliphatic rings. The Kier molecular flexibility index (Phi) is 6.93. The van der Waals surface area contributed by atoms with Crippen molar-refractivity contribution >= 4 is 23.0 Å². The molecule has 4 aromatic rings. The number of hydrogen-bond donors (Lipinski definition) is 3. The molecule has 0 saturated heterocycles. The number of aliphatic hydroxyl groups is 2. The smallest absolute Gasteiger partial charge is 0.407 e. The highest BCUT2D eigenvalue weighted by molar-refractivity contribution is 5.93. The topological polar surface area (TPSA) is 171 Å². The number of hydrogen-bond acceptors (Lipinski definition) is 10. The molecular formula is C31H31FN6O7. The quantitative estimate of drug-likeness (QED) is 0.230. The number of aryl methyl sites for hydroxylation is 1. The molecule has 0 bridgehead atoms. The van der Waals surface area contributed by atoms with Gasteiger partial charge in [0.05, 0.1) is 60.5 Å². The van der Waals surface area contributed by atoms with Crippen LogP contribution in [-0.4, -0.2) is 60.0 Å². The zero-order chi connectivity index (χ0) is 31.6. The molecule has 234 valence electrons. The molecule has 1 aliphatic carbocycles. The SMILES string of the molecule is CC[C@@]1(O)C(=O)OCc2c1cc1n(c2=O)Cc2c-1nc1cc(F)c(C)c3c1c2[C@@H](NC(=O)OCCc1cn(CCO)nn1)CC3. The van der Waals surface area contributed by atoms with E-state index in [9.17, 15) is 19.5 Å². The highest BCUT2D eigenvalue weighted by Gasteiger charge is 2.46. The second-order valence-corrected chi connectivity index (χ2v) is 11.6. The molecule has 7 rings (SSSR count). The van der Waals surface area contributed by atoms with Gasteiger partial charge in [0.15, 0.2) is 5.60 Å². The molecule has 3 N–H and O–H groups in total. The van der Waals surface area contributed by atoms with Crippen LogP contribution in [0.2, 0.25) is 0 Å². The number of aliphatic hydroxyl groups excluding tert-OH is 1. The van der Waals surface area contributed by atoms with Gasteiger partial charge in [0, 0.05) is 35.2 Å². The predicted molar refractivity (Wildman–Crippen MR) is 156 cm³/mol. The zero-order valence-corrected chi connectivity index (χ0v) is 24.7. The van der Waals surface area contributed by atoms with Gasteiger partial charge >= 0.3 is 12.1 Å². The van der Waals surface area contributed by atoms with Gasteiger partial charge in [0.25, 0.3) is 5.56 Å². The molecular weight excluding hydrogens is 587 g/mol. The summed E-state index contributed by atoms with van der Waals surface area (Å²) in [5.74, 6) is -1.22. The van der Waals surface area contributed by atoms with E-state index in [0.717, 1.165) is 16.5 Å². The van der Waals surface area contributed by atoms with E-state index in [1.165, 1.54) is 15.3 Å². The van der Waals surface area contributed by atoms with Gasteiger partial charge in [0.1, 0.15) is 12.4 Å². The number of carbonyl (C=O) groups excluding carboxylic acids is 2. The van der Waals surface area contributed by atoms with E-state index in [-0.39, 0.29) is 43.9 Å². The van der Waals surface area contributed by atoms with Gasteiger partial charge in [-0.05, 0) is 48.9 Å². The number of fused-ring (bicyclic) bond motifs is 5. The van der Waals surface area contributed by atoms with Crippen LogP contribution in [0.15, 0.2) is 23.1 Å². The van der Waals surface area contributed by atoms with Crippen molar-refractivity contribution in [3.8, 4) is 11.4 Å². The molecule has 45 heavy (non-hydrogen) atoms. The summed E-state index contributed by atoms with van der Waals surface area (Å²) >= 11 is 0. The van der Waals surface area contributed by atoms with Gasteiger partial charge in [-0.15, -0.1) is 5.10 Å². The molecule has 0 radical (unpaired) electrons. The first-order valence-corrected chi connectivity index (χ1v) is 14.9. The van der Waals surface area contributed by atoms with Crippen molar-refractivity contribution in [3.05, 3.63) is 73.6 Å². The van der Waals surface area contributed by atoms with Crippen LogP contribution in [0.3, 0.4) is 0 Å². The van der Waals surface area contributed by atoms with Crippen molar-refractivity contribution in [2.45, 2.75) is 70.9 Å². The monoisotopic (exact) mass is 618 g/mol. The number of nitrogens with zero attached hydrogens (tertiary/aromatic N) is 5.